The van der Waals surface area contributed by atoms with Crippen molar-refractivity contribution >= 4 is 11.8 Å². The van der Waals surface area contributed by atoms with Crippen LogP contribution in [0.3, 0.4) is 0 Å². The first kappa shape index (κ1) is 15.3. The van der Waals surface area contributed by atoms with E-state index in [4.69, 9.17) is 4.74 Å². The molecule has 22 heavy (non-hydrogen) atoms. The molecule has 0 aromatic carbocycles. The Hall–Kier alpha value is -1.65. The number of esters is 1. The van der Waals surface area contributed by atoms with Crippen LogP contribution in [0.25, 0.3) is 0 Å². The van der Waals surface area contributed by atoms with E-state index in [1.165, 1.54) is 38.5 Å². The van der Waals surface area contributed by atoms with Crippen LogP contribution in [-0.2, 0) is 4.74 Å². The molecule has 0 radical (unpaired) electrons. The molecule has 2 fully saturated rings. The topological polar surface area (TPSA) is 55.3 Å². The highest BCUT2D eigenvalue weighted by Crippen LogP contribution is 2.46. The molecule has 2 aliphatic rings. The van der Waals surface area contributed by atoms with E-state index in [0.29, 0.717) is 23.5 Å². The van der Waals surface area contributed by atoms with E-state index >= 15 is 0 Å². The minimum absolute atomic E-state index is 0.356. The predicted molar refractivity (Wildman–Crippen MR) is 85.1 cm³/mol. The number of rotatable bonds is 3. The summed E-state index contributed by atoms with van der Waals surface area (Å²) in [5.41, 5.74) is 1.75. The molecular weight excluding hydrogens is 278 g/mol. The number of anilines is 1. The summed E-state index contributed by atoms with van der Waals surface area (Å²) in [4.78, 5) is 23.2. The molecule has 5 nitrogen and oxygen atoms in total. The second-order valence-electron chi connectivity index (χ2n) is 6.60. The van der Waals surface area contributed by atoms with Crippen molar-refractivity contribution in [3.05, 3.63) is 17.6 Å². The van der Waals surface area contributed by atoms with Gasteiger partial charge in [0.1, 0.15) is 0 Å². The maximum atomic E-state index is 12.1. The average molecular weight is 303 g/mol. The summed E-state index contributed by atoms with van der Waals surface area (Å²) in [6.07, 6.45) is 9.51. The van der Waals surface area contributed by atoms with Gasteiger partial charge < -0.3 is 9.64 Å². The number of hydrogen-bond acceptors (Lipinski definition) is 5. The zero-order valence-corrected chi connectivity index (χ0v) is 13.6. The summed E-state index contributed by atoms with van der Waals surface area (Å²) in [5.74, 6) is 0.331. The van der Waals surface area contributed by atoms with Crippen LogP contribution in [-0.4, -0.2) is 35.6 Å². The molecule has 1 aromatic rings. The van der Waals surface area contributed by atoms with Gasteiger partial charge in [0.2, 0.25) is 0 Å². The van der Waals surface area contributed by atoms with Crippen molar-refractivity contribution in [3.63, 3.8) is 0 Å². The maximum absolute atomic E-state index is 12.1. The Kier molecular flexibility index (Phi) is 4.32. The third-order valence-corrected chi connectivity index (χ3v) is 5.13. The molecule has 1 saturated heterocycles. The van der Waals surface area contributed by atoms with Crippen molar-refractivity contribution in [2.24, 2.45) is 5.41 Å². The molecule has 0 amide bonds. The Bertz CT molecular complexity index is 543. The molecule has 1 saturated carbocycles. The Morgan fingerprint density at radius 3 is 2.59 bits per heavy atom. The average Bonchev–Trinajstić information content (AvgIpc) is 2.96. The van der Waals surface area contributed by atoms with Crippen LogP contribution in [0.5, 0.6) is 0 Å². The van der Waals surface area contributed by atoms with Gasteiger partial charge in [0.15, 0.2) is 11.5 Å². The Labute approximate surface area is 132 Å². The summed E-state index contributed by atoms with van der Waals surface area (Å²) in [6, 6.07) is 0. The van der Waals surface area contributed by atoms with E-state index in [9.17, 15) is 4.79 Å². The minimum Gasteiger partial charge on any atom is -0.461 e. The van der Waals surface area contributed by atoms with Gasteiger partial charge in [-0.05, 0) is 44.9 Å². The second kappa shape index (κ2) is 6.23. The van der Waals surface area contributed by atoms with Crippen LogP contribution in [0.15, 0.2) is 6.20 Å². The number of carbonyl (C=O) groups excluding carboxylic acids is 1. The zero-order valence-electron chi connectivity index (χ0n) is 13.6. The molecule has 1 aromatic heterocycles. The molecule has 1 aliphatic heterocycles. The lowest BCUT2D eigenvalue weighted by Gasteiger charge is -2.40. The third kappa shape index (κ3) is 2.94. The first-order valence-electron chi connectivity index (χ1n) is 8.39. The van der Waals surface area contributed by atoms with E-state index < -0.39 is 0 Å². The molecule has 3 rings (SSSR count). The monoisotopic (exact) mass is 303 g/mol. The van der Waals surface area contributed by atoms with Crippen LogP contribution in [0.2, 0.25) is 0 Å². The number of piperidine rings is 1. The van der Waals surface area contributed by atoms with E-state index in [2.05, 4.69) is 14.9 Å². The molecule has 120 valence electrons. The highest BCUT2D eigenvalue weighted by molar-refractivity contribution is 5.92. The van der Waals surface area contributed by atoms with Gasteiger partial charge in [-0.3, -0.25) is 0 Å². The van der Waals surface area contributed by atoms with Gasteiger partial charge in [-0.2, -0.15) is 0 Å². The first-order valence-corrected chi connectivity index (χ1v) is 8.39. The number of aromatic nitrogens is 2. The van der Waals surface area contributed by atoms with Crippen LogP contribution in [0.4, 0.5) is 5.82 Å². The Morgan fingerprint density at radius 2 is 1.95 bits per heavy atom. The molecule has 0 N–H and O–H groups in total. The van der Waals surface area contributed by atoms with Crippen LogP contribution in [0.1, 0.15) is 61.6 Å². The van der Waals surface area contributed by atoms with Gasteiger partial charge in [-0.25, -0.2) is 14.8 Å². The lowest BCUT2D eigenvalue weighted by atomic mass is 9.77. The fourth-order valence-electron chi connectivity index (χ4n) is 3.85. The summed E-state index contributed by atoms with van der Waals surface area (Å²) < 4.78 is 5.12. The summed E-state index contributed by atoms with van der Waals surface area (Å²) in [5, 5.41) is 0. The van der Waals surface area contributed by atoms with Crippen molar-refractivity contribution < 1.29 is 9.53 Å². The molecule has 0 bridgehead atoms. The van der Waals surface area contributed by atoms with Gasteiger partial charge in [0.25, 0.3) is 0 Å². The van der Waals surface area contributed by atoms with Gasteiger partial charge >= 0.3 is 5.97 Å². The molecule has 2 heterocycles. The van der Waals surface area contributed by atoms with E-state index in [1.54, 1.807) is 6.20 Å². The van der Waals surface area contributed by atoms with Gasteiger partial charge in [-0.15, -0.1) is 0 Å². The van der Waals surface area contributed by atoms with Gasteiger partial charge in [0, 0.05) is 19.3 Å². The predicted octanol–water partition coefficient (Wildman–Crippen LogP) is 3.12. The number of carbonyl (C=O) groups is 1. The first-order chi connectivity index (χ1) is 10.6. The van der Waals surface area contributed by atoms with E-state index in [0.717, 1.165) is 18.8 Å². The Morgan fingerprint density at radius 1 is 1.27 bits per heavy atom. The number of aryl methyl sites for hydroxylation is 1. The zero-order chi connectivity index (χ0) is 15.6. The van der Waals surface area contributed by atoms with E-state index in [-0.39, 0.29) is 5.97 Å². The van der Waals surface area contributed by atoms with Crippen molar-refractivity contribution in [1.29, 1.82) is 0 Å². The summed E-state index contributed by atoms with van der Waals surface area (Å²) >= 11 is 0. The third-order valence-electron chi connectivity index (χ3n) is 5.13. The molecule has 0 atom stereocenters. The molecule has 0 unspecified atom stereocenters. The van der Waals surface area contributed by atoms with E-state index in [1.807, 2.05) is 13.8 Å². The standard InChI is InChI=1S/C17H25N3O2/c1-3-22-16(21)14-15(19-13(2)12-18-14)20-10-8-17(9-11-20)6-4-5-7-17/h12H,3-11H2,1-2H3. The van der Waals surface area contributed by atoms with Crippen LogP contribution < -0.4 is 4.90 Å². The fraction of sp³-hybridized carbons (Fsp3) is 0.706. The van der Waals surface area contributed by atoms with Gasteiger partial charge in [0.05, 0.1) is 12.3 Å². The highest BCUT2D eigenvalue weighted by atomic mass is 16.5. The lowest BCUT2D eigenvalue weighted by molar-refractivity contribution is 0.0519. The van der Waals surface area contributed by atoms with Crippen LogP contribution in [0, 0.1) is 12.3 Å². The summed E-state index contributed by atoms with van der Waals surface area (Å²) in [7, 11) is 0. The SMILES string of the molecule is CCOC(=O)c1ncc(C)nc1N1CCC2(CCCC2)CC1. The van der Waals surface area contributed by atoms with Crippen LogP contribution >= 0.6 is 0 Å². The van der Waals surface area contributed by atoms with Crippen molar-refractivity contribution in [2.75, 3.05) is 24.6 Å². The molecular formula is C17H25N3O2. The van der Waals surface area contributed by atoms with Crippen molar-refractivity contribution in [3.8, 4) is 0 Å². The second-order valence-corrected chi connectivity index (χ2v) is 6.60. The smallest absolute Gasteiger partial charge is 0.360 e. The highest BCUT2D eigenvalue weighted by Gasteiger charge is 2.38. The fourth-order valence-corrected chi connectivity index (χ4v) is 3.85. The quantitative estimate of drug-likeness (QED) is 0.803. The largest absolute Gasteiger partial charge is 0.461 e. The Balaban J connectivity index is 1.79. The summed E-state index contributed by atoms with van der Waals surface area (Å²) in [6.45, 7) is 6.00. The normalized spacial score (nSPS) is 20.4. The lowest BCUT2D eigenvalue weighted by Crippen LogP contribution is -2.40. The maximum Gasteiger partial charge on any atom is 0.360 e. The van der Waals surface area contributed by atoms with Crippen molar-refractivity contribution in [1.82, 2.24) is 9.97 Å². The molecule has 1 spiro atoms. The number of nitrogens with zero attached hydrogens (tertiary/aromatic N) is 3. The number of ether oxygens (including phenoxy) is 1. The molecule has 1 aliphatic carbocycles. The minimum atomic E-state index is -0.369. The molecule has 5 heteroatoms. The van der Waals surface area contributed by atoms with Crippen molar-refractivity contribution in [2.45, 2.75) is 52.4 Å². The van der Waals surface area contributed by atoms with Gasteiger partial charge in [-0.1, -0.05) is 12.8 Å². The number of hydrogen-bond donors (Lipinski definition) is 0.